The number of pyridine rings is 1. The minimum absolute atomic E-state index is 0.0469. The summed E-state index contributed by atoms with van der Waals surface area (Å²) in [6, 6.07) is 2.57. The number of hydrogen-bond acceptors (Lipinski definition) is 3. The summed E-state index contributed by atoms with van der Waals surface area (Å²) in [5, 5.41) is 4.91. The van der Waals surface area contributed by atoms with Crippen molar-refractivity contribution in [3.05, 3.63) is 48.0 Å². The summed E-state index contributed by atoms with van der Waals surface area (Å²) in [4.78, 5) is 3.30. The highest BCUT2D eigenvalue weighted by molar-refractivity contribution is 7.89. The van der Waals surface area contributed by atoms with Gasteiger partial charge in [0, 0.05) is 18.0 Å². The molecule has 8 heteroatoms. The molecule has 0 atom stereocenters. The second-order valence-electron chi connectivity index (χ2n) is 3.71. The van der Waals surface area contributed by atoms with E-state index in [-0.39, 0.29) is 16.0 Å². The third-order valence-electron chi connectivity index (χ3n) is 2.36. The molecule has 0 amide bonds. The molecule has 0 bridgehead atoms. The number of rotatable bonds is 2. The normalized spacial score (nSPS) is 11.6. The lowest BCUT2D eigenvalue weighted by atomic mass is 10.1. The van der Waals surface area contributed by atoms with Gasteiger partial charge in [-0.15, -0.1) is 0 Å². The van der Waals surface area contributed by atoms with Crippen LogP contribution >= 0.6 is 0 Å². The average molecular weight is 288 g/mol. The van der Waals surface area contributed by atoms with Crippen molar-refractivity contribution in [3.63, 3.8) is 0 Å². The molecule has 0 aliphatic rings. The van der Waals surface area contributed by atoms with E-state index >= 15 is 0 Å². The summed E-state index contributed by atoms with van der Waals surface area (Å²) < 4.78 is 61.2. The number of primary sulfonamides is 1. The van der Waals surface area contributed by atoms with E-state index in [1.54, 1.807) is 0 Å². The van der Waals surface area contributed by atoms with Crippen LogP contribution in [0.3, 0.4) is 0 Å². The van der Waals surface area contributed by atoms with Gasteiger partial charge in [-0.1, -0.05) is 0 Å². The van der Waals surface area contributed by atoms with Crippen LogP contribution in [-0.4, -0.2) is 13.4 Å². The Balaban J connectivity index is 2.60. The van der Waals surface area contributed by atoms with E-state index in [1.807, 2.05) is 0 Å². The molecule has 1 heterocycles. The van der Waals surface area contributed by atoms with Crippen molar-refractivity contribution in [3.8, 4) is 11.1 Å². The molecule has 2 rings (SSSR count). The molecule has 0 aliphatic heterocycles. The zero-order valence-electron chi connectivity index (χ0n) is 9.27. The van der Waals surface area contributed by atoms with E-state index < -0.39 is 27.5 Å². The van der Waals surface area contributed by atoms with E-state index in [4.69, 9.17) is 5.14 Å². The Morgan fingerprint density at radius 1 is 0.947 bits per heavy atom. The van der Waals surface area contributed by atoms with Crippen LogP contribution in [0.1, 0.15) is 0 Å². The first-order valence-corrected chi connectivity index (χ1v) is 6.46. The number of hydrogen-bond donors (Lipinski definition) is 1. The summed E-state index contributed by atoms with van der Waals surface area (Å²) in [6.45, 7) is 0. The van der Waals surface area contributed by atoms with Gasteiger partial charge in [0.15, 0.2) is 17.5 Å². The first kappa shape index (κ1) is 13.5. The number of nitrogens with two attached hydrogens (primary N) is 1. The predicted octanol–water partition coefficient (Wildman–Crippen LogP) is 1.81. The average Bonchev–Trinajstić information content (AvgIpc) is 2.34. The summed E-state index contributed by atoms with van der Waals surface area (Å²) in [7, 11) is -3.99. The Labute approximate surface area is 106 Å². The number of aromatic nitrogens is 1. The fraction of sp³-hybridized carbons (Fsp3) is 0. The van der Waals surface area contributed by atoms with E-state index in [9.17, 15) is 21.6 Å². The molecule has 0 radical (unpaired) electrons. The van der Waals surface area contributed by atoms with Crippen LogP contribution in [0.15, 0.2) is 35.5 Å². The van der Waals surface area contributed by atoms with Crippen LogP contribution in [0.2, 0.25) is 0 Å². The van der Waals surface area contributed by atoms with Crippen LogP contribution in [0.25, 0.3) is 11.1 Å². The third-order valence-corrected chi connectivity index (χ3v) is 3.24. The van der Waals surface area contributed by atoms with Crippen LogP contribution in [-0.2, 0) is 10.0 Å². The molecule has 2 aromatic rings. The maximum Gasteiger partial charge on any atom is 0.239 e. The minimum Gasteiger partial charge on any atom is -0.263 e. The highest BCUT2D eigenvalue weighted by Gasteiger charge is 2.14. The topological polar surface area (TPSA) is 73.1 Å². The second kappa shape index (κ2) is 4.63. The Kier molecular flexibility index (Phi) is 3.29. The van der Waals surface area contributed by atoms with Gasteiger partial charge < -0.3 is 0 Å². The molecular formula is C11H7F3N2O2S. The summed E-state index contributed by atoms with van der Waals surface area (Å²) in [5.74, 6) is -4.36. The molecule has 0 fully saturated rings. The van der Waals surface area contributed by atoms with Crippen molar-refractivity contribution in [2.75, 3.05) is 0 Å². The molecular weight excluding hydrogens is 281 g/mol. The summed E-state index contributed by atoms with van der Waals surface area (Å²) >= 11 is 0. The number of sulfonamides is 1. The zero-order chi connectivity index (χ0) is 14.2. The number of benzene rings is 1. The molecule has 0 saturated heterocycles. The Bertz CT molecular complexity index is 724. The van der Waals surface area contributed by atoms with Crippen LogP contribution in [0.4, 0.5) is 13.2 Å². The van der Waals surface area contributed by atoms with Crippen molar-refractivity contribution in [1.29, 1.82) is 0 Å². The van der Waals surface area contributed by atoms with Gasteiger partial charge in [0.25, 0.3) is 0 Å². The summed E-state index contributed by atoms with van der Waals surface area (Å²) in [5.41, 5.74) is 0.0544. The lowest BCUT2D eigenvalue weighted by Crippen LogP contribution is -2.12. The molecule has 0 aliphatic carbocycles. The lowest BCUT2D eigenvalue weighted by Gasteiger charge is -2.05. The molecule has 0 spiro atoms. The minimum atomic E-state index is -3.99. The second-order valence-corrected chi connectivity index (χ2v) is 5.27. The molecule has 1 aromatic carbocycles. The Morgan fingerprint density at radius 2 is 1.53 bits per heavy atom. The standard InChI is InChI=1S/C11H7F3N2O2S/c12-9-2-6(3-10(13)11(9)14)7-1-8(5-16-4-7)19(15,17)18/h1-5H,(H2,15,17,18). The van der Waals surface area contributed by atoms with E-state index in [0.717, 1.165) is 24.4 Å². The van der Waals surface area contributed by atoms with Gasteiger partial charge >= 0.3 is 0 Å². The van der Waals surface area contributed by atoms with E-state index in [0.29, 0.717) is 0 Å². The van der Waals surface area contributed by atoms with Crippen molar-refractivity contribution in [2.24, 2.45) is 5.14 Å². The molecule has 2 N–H and O–H groups in total. The van der Waals surface area contributed by atoms with E-state index in [2.05, 4.69) is 4.98 Å². The van der Waals surface area contributed by atoms with Gasteiger partial charge in [-0.2, -0.15) is 0 Å². The van der Waals surface area contributed by atoms with Crippen molar-refractivity contribution >= 4 is 10.0 Å². The van der Waals surface area contributed by atoms with Crippen LogP contribution in [0.5, 0.6) is 0 Å². The first-order chi connectivity index (χ1) is 8.79. The molecule has 0 unspecified atom stereocenters. The fourth-order valence-corrected chi connectivity index (χ4v) is 1.95. The van der Waals surface area contributed by atoms with Crippen molar-refractivity contribution < 1.29 is 21.6 Å². The Hall–Kier alpha value is -1.93. The van der Waals surface area contributed by atoms with E-state index in [1.165, 1.54) is 6.20 Å². The first-order valence-electron chi connectivity index (χ1n) is 4.92. The quantitative estimate of drug-likeness (QED) is 0.857. The number of halogens is 3. The fourth-order valence-electron chi connectivity index (χ4n) is 1.45. The van der Waals surface area contributed by atoms with Gasteiger partial charge in [-0.25, -0.2) is 26.7 Å². The van der Waals surface area contributed by atoms with Crippen molar-refractivity contribution in [1.82, 2.24) is 4.98 Å². The SMILES string of the molecule is NS(=O)(=O)c1cncc(-c2cc(F)c(F)c(F)c2)c1. The molecule has 4 nitrogen and oxygen atoms in total. The number of nitrogens with zero attached hydrogens (tertiary/aromatic N) is 1. The largest absolute Gasteiger partial charge is 0.263 e. The smallest absolute Gasteiger partial charge is 0.239 e. The van der Waals surface area contributed by atoms with Gasteiger partial charge in [-0.3, -0.25) is 4.98 Å². The van der Waals surface area contributed by atoms with Crippen LogP contribution in [0, 0.1) is 17.5 Å². The third kappa shape index (κ3) is 2.74. The maximum absolute atomic E-state index is 13.1. The zero-order valence-corrected chi connectivity index (χ0v) is 10.1. The van der Waals surface area contributed by atoms with Gasteiger partial charge in [0.05, 0.1) is 0 Å². The molecule has 0 saturated carbocycles. The van der Waals surface area contributed by atoms with Gasteiger partial charge in [0.1, 0.15) is 4.90 Å². The molecule has 1 aromatic heterocycles. The maximum atomic E-state index is 13.1. The predicted molar refractivity (Wildman–Crippen MR) is 60.9 cm³/mol. The lowest BCUT2D eigenvalue weighted by molar-refractivity contribution is 0.447. The van der Waals surface area contributed by atoms with Crippen LogP contribution < -0.4 is 5.14 Å². The highest BCUT2D eigenvalue weighted by atomic mass is 32.2. The Morgan fingerprint density at radius 3 is 2.05 bits per heavy atom. The van der Waals surface area contributed by atoms with Gasteiger partial charge in [-0.05, 0) is 23.8 Å². The van der Waals surface area contributed by atoms with Crippen molar-refractivity contribution in [2.45, 2.75) is 4.90 Å². The van der Waals surface area contributed by atoms with Gasteiger partial charge in [0.2, 0.25) is 10.0 Å². The monoisotopic (exact) mass is 288 g/mol. The molecule has 100 valence electrons. The summed E-state index contributed by atoms with van der Waals surface area (Å²) in [6.07, 6.45) is 2.18. The molecule has 19 heavy (non-hydrogen) atoms. The highest BCUT2D eigenvalue weighted by Crippen LogP contribution is 2.24.